The van der Waals surface area contributed by atoms with Gasteiger partial charge in [-0.15, -0.1) is 0 Å². The van der Waals surface area contributed by atoms with Crippen molar-refractivity contribution in [3.8, 4) is 5.75 Å². The van der Waals surface area contributed by atoms with E-state index in [9.17, 15) is 4.79 Å². The molecule has 0 aromatic heterocycles. The first-order valence-electron chi connectivity index (χ1n) is 6.66. The van der Waals surface area contributed by atoms with Crippen molar-refractivity contribution < 1.29 is 18.6 Å². The van der Waals surface area contributed by atoms with Gasteiger partial charge in [-0.2, -0.15) is 0 Å². The van der Waals surface area contributed by atoms with Crippen LogP contribution in [0.5, 0.6) is 5.75 Å². The minimum Gasteiger partial charge on any atom is -0.436 e. The molecular formula is C14H22NO4P. The van der Waals surface area contributed by atoms with Gasteiger partial charge in [0.2, 0.25) is 0 Å². The molecule has 1 rings (SSSR count). The Hall–Kier alpha value is -1.00. The second-order valence-electron chi connectivity index (χ2n) is 4.13. The number of carbonyl (C=O) groups excluding carboxylic acids is 1. The lowest BCUT2D eigenvalue weighted by Crippen LogP contribution is -2.21. The van der Waals surface area contributed by atoms with Gasteiger partial charge in [0.15, 0.2) is 0 Å². The van der Waals surface area contributed by atoms with Crippen LogP contribution in [0, 0.1) is 0 Å². The second-order valence-corrected chi connectivity index (χ2v) is 5.40. The summed E-state index contributed by atoms with van der Waals surface area (Å²) >= 11 is 0. The van der Waals surface area contributed by atoms with Crippen LogP contribution >= 0.6 is 8.53 Å². The third-order valence-electron chi connectivity index (χ3n) is 2.56. The van der Waals surface area contributed by atoms with Gasteiger partial charge in [-0.25, -0.2) is 5.09 Å². The summed E-state index contributed by atoms with van der Waals surface area (Å²) in [4.78, 5) is 10.5. The molecule has 0 radical (unpaired) electrons. The topological polar surface area (TPSA) is 56.8 Å². The minimum absolute atomic E-state index is 0.0439. The van der Waals surface area contributed by atoms with Gasteiger partial charge in [-0.1, -0.05) is 31.5 Å². The highest BCUT2D eigenvalue weighted by Gasteiger charge is 2.15. The molecule has 1 aromatic carbocycles. The van der Waals surface area contributed by atoms with Crippen LogP contribution < -0.4 is 9.61 Å². The zero-order valence-corrected chi connectivity index (χ0v) is 12.8. The van der Waals surface area contributed by atoms with Gasteiger partial charge < -0.3 is 18.6 Å². The normalized spacial score (nSPS) is 13.7. The van der Waals surface area contributed by atoms with Crippen LogP contribution in [0.25, 0.3) is 0 Å². The van der Waals surface area contributed by atoms with Gasteiger partial charge in [-0.05, 0) is 18.6 Å². The van der Waals surface area contributed by atoms with E-state index < -0.39 is 8.53 Å². The summed E-state index contributed by atoms with van der Waals surface area (Å²) in [5.74, 6) is 0.710. The molecule has 0 aliphatic heterocycles. The predicted octanol–water partition coefficient (Wildman–Crippen LogP) is 2.91. The zero-order valence-electron chi connectivity index (χ0n) is 12.0. The Morgan fingerprint density at radius 1 is 1.35 bits per heavy atom. The highest BCUT2D eigenvalue weighted by atomic mass is 31.2. The fourth-order valence-corrected chi connectivity index (χ4v) is 2.58. The highest BCUT2D eigenvalue weighted by Crippen LogP contribution is 2.35. The van der Waals surface area contributed by atoms with Crippen LogP contribution in [0.1, 0.15) is 19.8 Å². The maximum absolute atomic E-state index is 10.5. The van der Waals surface area contributed by atoms with Crippen LogP contribution in [0.3, 0.4) is 0 Å². The van der Waals surface area contributed by atoms with E-state index >= 15 is 0 Å². The molecule has 0 amide bonds. The first-order valence-corrected chi connectivity index (χ1v) is 7.83. The number of carbonyl (C=O) groups is 1. The van der Waals surface area contributed by atoms with Crippen LogP contribution in [0.15, 0.2) is 30.3 Å². The van der Waals surface area contributed by atoms with E-state index in [2.05, 4.69) is 12.0 Å². The summed E-state index contributed by atoms with van der Waals surface area (Å²) < 4.78 is 16.7. The summed E-state index contributed by atoms with van der Waals surface area (Å²) in [7, 11) is 0.316. The number of aldehydes is 1. The molecule has 0 saturated heterocycles. The number of nitrogens with one attached hydrogen (secondary N) is 1. The molecule has 2 unspecified atom stereocenters. The van der Waals surface area contributed by atoms with Crippen molar-refractivity contribution >= 4 is 14.8 Å². The van der Waals surface area contributed by atoms with E-state index in [1.807, 2.05) is 30.3 Å². The Morgan fingerprint density at radius 3 is 2.70 bits per heavy atom. The van der Waals surface area contributed by atoms with Crippen molar-refractivity contribution in [2.45, 2.75) is 25.9 Å². The van der Waals surface area contributed by atoms with Crippen molar-refractivity contribution in [1.82, 2.24) is 5.09 Å². The average molecular weight is 299 g/mol. The molecule has 5 nitrogen and oxygen atoms in total. The maximum Gasteiger partial charge on any atom is 0.318 e. The van der Waals surface area contributed by atoms with Gasteiger partial charge in [0.05, 0.1) is 19.3 Å². The van der Waals surface area contributed by atoms with Crippen molar-refractivity contribution in [3.05, 3.63) is 30.3 Å². The Kier molecular flexibility index (Phi) is 9.16. The molecule has 0 aliphatic carbocycles. The molecule has 0 spiro atoms. The number of methoxy groups -OCH3 is 1. The van der Waals surface area contributed by atoms with E-state index in [1.54, 1.807) is 7.11 Å². The van der Waals surface area contributed by atoms with Crippen molar-refractivity contribution in [1.29, 1.82) is 0 Å². The summed E-state index contributed by atoms with van der Waals surface area (Å²) in [6, 6.07) is 9.38. The molecule has 112 valence electrons. The van der Waals surface area contributed by atoms with Crippen LogP contribution in [-0.2, 0) is 14.1 Å². The van der Waals surface area contributed by atoms with Gasteiger partial charge in [-0.3, -0.25) is 0 Å². The lowest BCUT2D eigenvalue weighted by atomic mass is 10.2. The molecule has 0 aliphatic rings. The van der Waals surface area contributed by atoms with E-state index in [0.29, 0.717) is 12.4 Å². The number of hydrogen-bond acceptors (Lipinski definition) is 5. The van der Waals surface area contributed by atoms with E-state index in [-0.39, 0.29) is 12.6 Å². The van der Waals surface area contributed by atoms with Crippen LogP contribution in [0.4, 0.5) is 0 Å². The van der Waals surface area contributed by atoms with Crippen LogP contribution in [0.2, 0.25) is 0 Å². The molecule has 0 saturated carbocycles. The quantitative estimate of drug-likeness (QED) is 0.503. The zero-order chi connectivity index (χ0) is 14.6. The van der Waals surface area contributed by atoms with Crippen molar-refractivity contribution in [3.63, 3.8) is 0 Å². The lowest BCUT2D eigenvalue weighted by molar-refractivity contribution is -0.106. The molecule has 0 fully saturated rings. The standard InChI is InChI=1S/C14H22NO4P/c1-3-7-14(17-2)12-18-20(15-10-11-16)19-13-8-5-4-6-9-13/h4-6,8-9,11,14-15H,3,7,10,12H2,1-2H3. The summed E-state index contributed by atoms with van der Waals surface area (Å²) in [5, 5.41) is 2.94. The fraction of sp³-hybridized carbons (Fsp3) is 0.500. The third kappa shape index (κ3) is 6.96. The van der Waals surface area contributed by atoms with Crippen LogP contribution in [-0.4, -0.2) is 32.7 Å². The molecule has 2 atom stereocenters. The maximum atomic E-state index is 10.5. The van der Waals surface area contributed by atoms with E-state index in [4.69, 9.17) is 13.8 Å². The monoisotopic (exact) mass is 299 g/mol. The third-order valence-corrected chi connectivity index (χ3v) is 3.76. The van der Waals surface area contributed by atoms with Gasteiger partial charge in [0.25, 0.3) is 0 Å². The minimum atomic E-state index is -1.35. The first-order chi connectivity index (χ1) is 9.80. The second kappa shape index (κ2) is 10.7. The number of ether oxygens (including phenoxy) is 1. The molecule has 0 bridgehead atoms. The lowest BCUT2D eigenvalue weighted by Gasteiger charge is -2.20. The van der Waals surface area contributed by atoms with Gasteiger partial charge >= 0.3 is 8.53 Å². The Balaban J connectivity index is 2.48. The number of rotatable bonds is 11. The smallest absolute Gasteiger partial charge is 0.318 e. The van der Waals surface area contributed by atoms with E-state index in [1.165, 1.54) is 0 Å². The fourth-order valence-electron chi connectivity index (χ4n) is 1.54. The van der Waals surface area contributed by atoms with Gasteiger partial charge in [0, 0.05) is 7.11 Å². The SMILES string of the molecule is CCCC(COP(NCC=O)Oc1ccccc1)OC. The van der Waals surface area contributed by atoms with Crippen molar-refractivity contribution in [2.24, 2.45) is 0 Å². The molecule has 1 aromatic rings. The molecule has 1 N–H and O–H groups in total. The molecular weight excluding hydrogens is 277 g/mol. The Morgan fingerprint density at radius 2 is 2.10 bits per heavy atom. The Bertz CT molecular complexity index is 363. The first kappa shape index (κ1) is 17.1. The van der Waals surface area contributed by atoms with E-state index in [0.717, 1.165) is 19.1 Å². The number of hydrogen-bond donors (Lipinski definition) is 1. The Labute approximate surface area is 121 Å². The molecule has 20 heavy (non-hydrogen) atoms. The van der Waals surface area contributed by atoms with Gasteiger partial charge in [0.1, 0.15) is 12.0 Å². The summed E-state index contributed by atoms with van der Waals surface area (Å²) in [6.07, 6.45) is 2.79. The average Bonchev–Trinajstić information content (AvgIpc) is 2.49. The molecule has 6 heteroatoms. The largest absolute Gasteiger partial charge is 0.436 e. The van der Waals surface area contributed by atoms with Crippen molar-refractivity contribution in [2.75, 3.05) is 20.3 Å². The summed E-state index contributed by atoms with van der Waals surface area (Å²) in [5.41, 5.74) is 0. The predicted molar refractivity (Wildman–Crippen MR) is 79.7 cm³/mol. The number of benzene rings is 1. The highest BCUT2D eigenvalue weighted by molar-refractivity contribution is 7.45. The summed E-state index contributed by atoms with van der Waals surface area (Å²) in [6.45, 7) is 2.73. The molecule has 0 heterocycles. The number of para-hydroxylation sites is 1.